The molecule has 2 atom stereocenters. The number of aromatic nitrogens is 4. The maximum absolute atomic E-state index is 14.1. The third kappa shape index (κ3) is 24.7. The summed E-state index contributed by atoms with van der Waals surface area (Å²) in [7, 11) is 3.20. The van der Waals surface area contributed by atoms with E-state index in [1.165, 1.54) is 40.4 Å². The molecule has 10 N–H and O–H groups in total. The number of urea groups is 1. The molecule has 3 aromatic heterocycles. The smallest absolute Gasteiger partial charge is 0.332 e. The lowest BCUT2D eigenvalue weighted by atomic mass is 9.87. The Hall–Kier alpha value is -13.1. The molecule has 0 unspecified atom stereocenters. The second-order valence-corrected chi connectivity index (χ2v) is 35.0. The number of ether oxygens (including phenoxy) is 5. The largest absolute Gasteiger partial charge is 0.495 e. The molecule has 6 aromatic carbocycles. The van der Waals surface area contributed by atoms with Gasteiger partial charge in [-0.05, 0) is 123 Å². The Morgan fingerprint density at radius 3 is 1.97 bits per heavy atom. The number of rotatable bonds is 43. The fourth-order valence-corrected chi connectivity index (χ4v) is 18.1. The van der Waals surface area contributed by atoms with Crippen molar-refractivity contribution in [3.8, 4) is 28.7 Å². The number of nitrogens with one attached hydrogen (secondary N) is 8. The molecule has 5 aliphatic rings. The number of imide groups is 2. The van der Waals surface area contributed by atoms with Crippen LogP contribution in [0.15, 0.2) is 201 Å². The molecule has 12 amide bonds. The Morgan fingerprint density at radius 1 is 0.644 bits per heavy atom. The van der Waals surface area contributed by atoms with Gasteiger partial charge in [0.2, 0.25) is 53.2 Å². The number of aryl methyl sites for hydroxylation is 1. The van der Waals surface area contributed by atoms with E-state index in [1.54, 1.807) is 66.3 Å². The summed E-state index contributed by atoms with van der Waals surface area (Å²) < 4.78 is 32.4. The second kappa shape index (κ2) is 45.1. The lowest BCUT2D eigenvalue weighted by Gasteiger charge is -2.45. The van der Waals surface area contributed by atoms with Crippen LogP contribution >= 0.6 is 23.5 Å². The zero-order valence-corrected chi connectivity index (χ0v) is 75.3. The fraction of sp³-hybridized carbons (Fsp3) is 0.375. The van der Waals surface area contributed by atoms with Gasteiger partial charge in [-0.15, -0.1) is 0 Å². The molecule has 14 rings (SSSR count). The maximum atomic E-state index is 14.1. The number of likely N-dealkylation sites (tertiary alicyclic amines) is 1. The second-order valence-electron chi connectivity index (χ2n) is 32.8. The first-order valence-electron chi connectivity index (χ1n) is 44.0. The predicted octanol–water partition coefficient (Wildman–Crippen LogP) is 6.63. The van der Waals surface area contributed by atoms with Crippen LogP contribution in [0.1, 0.15) is 93.5 Å². The fourth-order valence-electron chi connectivity index (χ4n) is 16.1. The number of fused-ring (bicyclic) bond motifs is 2. The van der Waals surface area contributed by atoms with Crippen LogP contribution < -0.4 is 63.0 Å². The van der Waals surface area contributed by atoms with Gasteiger partial charge >= 0.3 is 6.03 Å². The molecule has 132 heavy (non-hydrogen) atoms. The minimum absolute atomic E-state index is 0.00369. The highest BCUT2D eigenvalue weighted by molar-refractivity contribution is 8.08. The maximum Gasteiger partial charge on any atom is 0.332 e. The Kier molecular flexibility index (Phi) is 32.5. The van der Waals surface area contributed by atoms with Crippen molar-refractivity contribution in [1.82, 2.24) is 71.4 Å². The quantitative estimate of drug-likeness (QED) is 0.00838. The first kappa shape index (κ1) is 95.0. The Balaban J connectivity index is 0.565. The molecule has 0 bridgehead atoms. The van der Waals surface area contributed by atoms with E-state index in [0.29, 0.717) is 80.1 Å². The van der Waals surface area contributed by atoms with Crippen molar-refractivity contribution in [2.45, 2.75) is 117 Å². The number of aromatic amines is 1. The van der Waals surface area contributed by atoms with E-state index in [-0.39, 0.29) is 115 Å². The van der Waals surface area contributed by atoms with Crippen LogP contribution in [0.25, 0.3) is 32.9 Å². The molecule has 7 heterocycles. The number of carbonyl (C=O) groups excluding carboxylic acids is 11. The number of benzene rings is 6. The molecular weight excluding hydrogens is 1730 g/mol. The summed E-state index contributed by atoms with van der Waals surface area (Å²) >= 11 is 2.48. The molecule has 0 spiro atoms. The van der Waals surface area contributed by atoms with Gasteiger partial charge in [-0.3, -0.25) is 62.5 Å². The van der Waals surface area contributed by atoms with E-state index in [0.717, 1.165) is 88.4 Å². The Labute approximate surface area is 771 Å². The van der Waals surface area contributed by atoms with Gasteiger partial charge in [-0.2, -0.15) is 0 Å². The van der Waals surface area contributed by atoms with E-state index < -0.39 is 96.4 Å². The molecular formula is C96H107N17O17S2. The third-order valence-electron chi connectivity index (χ3n) is 23.5. The van der Waals surface area contributed by atoms with Crippen LogP contribution in [-0.4, -0.2) is 242 Å². The summed E-state index contributed by atoms with van der Waals surface area (Å²) in [6.07, 6.45) is 7.95. The van der Waals surface area contributed by atoms with Crippen molar-refractivity contribution in [2.75, 3.05) is 129 Å². The summed E-state index contributed by atoms with van der Waals surface area (Å²) in [5, 5.41) is 20.7. The van der Waals surface area contributed by atoms with Crippen LogP contribution in [0.3, 0.4) is 0 Å². The number of piperidine rings is 2. The van der Waals surface area contributed by atoms with Crippen LogP contribution in [-0.2, 0) is 86.0 Å². The lowest BCUT2D eigenvalue weighted by molar-refractivity contribution is -0.138. The van der Waals surface area contributed by atoms with Gasteiger partial charge in [-0.25, -0.2) is 19.7 Å². The van der Waals surface area contributed by atoms with Gasteiger partial charge in [0.1, 0.15) is 30.7 Å². The minimum Gasteiger partial charge on any atom is -0.495 e. The number of methoxy groups -OCH3 is 1. The number of amides is 12. The van der Waals surface area contributed by atoms with Crippen molar-refractivity contribution in [2.24, 2.45) is 12.8 Å². The van der Waals surface area contributed by atoms with E-state index in [9.17, 15) is 57.5 Å². The molecule has 690 valence electrons. The first-order valence-corrected chi connectivity index (χ1v) is 45.6. The molecule has 3 saturated heterocycles. The van der Waals surface area contributed by atoms with Crippen LogP contribution in [0.4, 0.5) is 16.4 Å². The third-order valence-corrected chi connectivity index (χ3v) is 25.8. The first-order chi connectivity index (χ1) is 64.0. The van der Waals surface area contributed by atoms with Crippen molar-refractivity contribution in [1.29, 1.82) is 0 Å². The summed E-state index contributed by atoms with van der Waals surface area (Å²) in [4.78, 5) is 183. The van der Waals surface area contributed by atoms with Crippen molar-refractivity contribution in [3.63, 3.8) is 0 Å². The number of primary amides is 1. The number of nitrogens with zero attached hydrogens (tertiary/aromatic N) is 8. The highest BCUT2D eigenvalue weighted by Gasteiger charge is 2.46. The number of pyridine rings is 1. The average molecular weight is 1840 g/mol. The number of anilines is 2. The van der Waals surface area contributed by atoms with Gasteiger partial charge in [0.25, 0.3) is 17.4 Å². The molecule has 34 nitrogen and oxygen atoms in total. The molecule has 0 radical (unpaired) electrons. The van der Waals surface area contributed by atoms with Gasteiger partial charge < -0.3 is 86.0 Å². The van der Waals surface area contributed by atoms with Gasteiger partial charge in [0.05, 0.1) is 106 Å². The van der Waals surface area contributed by atoms with Crippen LogP contribution in [0, 0.1) is 11.8 Å². The number of H-pyrrole nitrogens is 1. The van der Waals surface area contributed by atoms with E-state index in [4.69, 9.17) is 39.4 Å². The number of carbonyl (C=O) groups is 11. The normalized spacial score (nSPS) is 16.1. The van der Waals surface area contributed by atoms with Crippen molar-refractivity contribution < 1.29 is 76.4 Å². The molecule has 9 aromatic rings. The van der Waals surface area contributed by atoms with E-state index >= 15 is 0 Å². The molecule has 36 heteroatoms. The number of nitrogens with two attached hydrogens (primary N) is 1. The monoisotopic (exact) mass is 1830 g/mol. The minimum atomic E-state index is -1.42. The van der Waals surface area contributed by atoms with Crippen LogP contribution in [0.5, 0.6) is 5.75 Å². The van der Waals surface area contributed by atoms with Gasteiger partial charge in [-0.1, -0.05) is 138 Å². The summed E-state index contributed by atoms with van der Waals surface area (Å²) in [6.45, 7) is 3.68. The zero-order valence-electron chi connectivity index (χ0n) is 73.7. The zero-order chi connectivity index (χ0) is 92.7. The Bertz CT molecular complexity index is 5800. The highest BCUT2D eigenvalue weighted by Crippen LogP contribution is 2.46. The SMILES string of the molecule is COc1ccc(C#CCNC2(C)CCN(C3CCN(c4nc([C@@](COCNC(=O)CNC(=O)[C@H](Cc5ccccc5)NC(=O)CNC(=O)CNC(=O)CCOCCOCCN5C(=O)C(Sc6ccccc6)=C(Sc6ccccc6)C5=O)(OC5CC5)c5ccccc5)c5cc(-c6cn(C)c(=O)c7[nH]ccc67)ccc5n4)CC3)CC2)cc1N1CCC(=O)N(CNC(=O)CCC(N)=O)C1=O. The molecule has 1 aliphatic carbocycles. The molecule has 4 aliphatic heterocycles. The lowest BCUT2D eigenvalue weighted by Crippen LogP contribution is -2.55. The summed E-state index contributed by atoms with van der Waals surface area (Å²) in [5.41, 5.74) is 9.10. The number of thioether (sulfide) groups is 2. The summed E-state index contributed by atoms with van der Waals surface area (Å²) in [6, 6.07) is 48.9. The van der Waals surface area contributed by atoms with Gasteiger partial charge in [0, 0.05) is 128 Å². The van der Waals surface area contributed by atoms with E-state index in [1.807, 2.05) is 121 Å². The Morgan fingerprint density at radius 2 is 1.29 bits per heavy atom. The molecule has 4 fully saturated rings. The van der Waals surface area contributed by atoms with E-state index in [2.05, 4.69) is 70.8 Å². The predicted molar refractivity (Wildman–Crippen MR) is 496 cm³/mol. The van der Waals surface area contributed by atoms with Crippen LogP contribution in [0.2, 0.25) is 0 Å². The van der Waals surface area contributed by atoms with Crippen molar-refractivity contribution >= 4 is 122 Å². The molecule has 1 saturated carbocycles. The standard InChI is InChI=1S/C96H107N17O17S2/c1-95(104-41-16-19-64-26-31-77(126-3)76(54-64)111-45-37-84(120)113(94(111)125)61-102-79(115)33-32-78(97)114)39-46-109(47-40-95)67-35-43-110(44-36-67)93-106-74-30-27-65(73-59-108(2)90(122)85-71(73)34-42-98-85)55-72(74)88(107-93)96(130-68-28-29-68,66-20-10-5-11-21-66)60-129-62-103-82(118)57-101-89(121)75(53-63-17-8-4-9-18-63)105-83(119)58-100-81(117)56-99-80(116)38-49-127-51-52-128-50-48-112-91(123)86(131-69-22-12-6-13-23-69)87(92(112)124)132-70-24-14-7-15-25-70/h4-15,17-18,20-27,30-31,34,42,54-55,59,67-68,75,98,104H,28-29,32-33,35-41,43-53,56-58,60-62H2,1-3H3,(H2,97,114)(H,99,116)(H,100,117)(H,101,121)(H,102,115)(H,103,118)(H,105,119)/t75-,96-/m0/s1. The highest BCUT2D eigenvalue weighted by atomic mass is 32.2. The average Bonchev–Trinajstić information content (AvgIpc) is 0.915. The number of hydrogen-bond acceptors (Lipinski definition) is 24. The topological polar surface area (TPSA) is 424 Å². The summed E-state index contributed by atoms with van der Waals surface area (Å²) in [5.74, 6) is 1.81. The van der Waals surface area contributed by atoms with Gasteiger partial charge in [0.15, 0.2) is 5.60 Å². The van der Waals surface area contributed by atoms with Crippen molar-refractivity contribution in [3.05, 3.63) is 219 Å². The number of hydrogen-bond donors (Lipinski definition) is 9.